The van der Waals surface area contributed by atoms with Crippen molar-refractivity contribution in [3.05, 3.63) is 29.3 Å². The van der Waals surface area contributed by atoms with Gasteiger partial charge < -0.3 is 4.90 Å². The smallest absolute Gasteiger partial charge is 0.246 e. The lowest BCUT2D eigenvalue weighted by atomic mass is 10.2. The highest BCUT2D eigenvalue weighted by Crippen LogP contribution is 2.40. The van der Waals surface area contributed by atoms with Crippen molar-refractivity contribution in [2.45, 2.75) is 23.5 Å². The number of para-hydroxylation sites is 1. The van der Waals surface area contributed by atoms with Crippen molar-refractivity contribution in [2.75, 3.05) is 18.1 Å². The van der Waals surface area contributed by atoms with Crippen molar-refractivity contribution in [3.8, 4) is 0 Å². The molecule has 0 radical (unpaired) electrons. The minimum Gasteiger partial charge on any atom is -0.332 e. The second-order valence-corrected chi connectivity index (χ2v) is 9.07. The van der Waals surface area contributed by atoms with Crippen molar-refractivity contribution in [1.29, 1.82) is 0 Å². The molecule has 1 aromatic carbocycles. The first kappa shape index (κ1) is 13.9. The molecule has 3 nitrogen and oxygen atoms in total. The molecule has 2 fully saturated rings. The third-order valence-corrected chi connectivity index (χ3v) is 8.06. The molecule has 4 rings (SSSR count). The predicted molar refractivity (Wildman–Crippen MR) is 92.0 cm³/mol. The Bertz CT molecular complexity index is 633. The van der Waals surface area contributed by atoms with Crippen molar-refractivity contribution in [3.63, 3.8) is 0 Å². The van der Waals surface area contributed by atoms with Gasteiger partial charge in [0.2, 0.25) is 5.91 Å². The zero-order valence-electron chi connectivity index (χ0n) is 11.5. The van der Waals surface area contributed by atoms with Gasteiger partial charge >= 0.3 is 0 Å². The van der Waals surface area contributed by atoms with Gasteiger partial charge in [0.15, 0.2) is 0 Å². The molecule has 0 saturated carbocycles. The monoisotopic (exact) mass is 336 g/mol. The molecular weight excluding hydrogens is 320 g/mol. The molecule has 1 aromatic heterocycles. The van der Waals surface area contributed by atoms with E-state index in [1.54, 1.807) is 34.9 Å². The van der Waals surface area contributed by atoms with E-state index in [-0.39, 0.29) is 10.6 Å². The number of fused-ring (bicyclic) bond motifs is 1. The minimum absolute atomic E-state index is 0.111. The molecule has 2 saturated heterocycles. The van der Waals surface area contributed by atoms with Gasteiger partial charge in [0.05, 0.1) is 16.3 Å². The van der Waals surface area contributed by atoms with Crippen LogP contribution in [0.5, 0.6) is 0 Å². The fraction of sp³-hybridized carbons (Fsp3) is 0.467. The number of likely N-dealkylation sites (tertiary alicyclic amines) is 1. The van der Waals surface area contributed by atoms with Gasteiger partial charge in [-0.2, -0.15) is 0 Å². The topological polar surface area (TPSA) is 33.2 Å². The largest absolute Gasteiger partial charge is 0.332 e. The summed E-state index contributed by atoms with van der Waals surface area (Å²) in [6, 6.07) is 8.43. The van der Waals surface area contributed by atoms with Crippen LogP contribution in [0.4, 0.5) is 0 Å². The van der Waals surface area contributed by atoms with E-state index < -0.39 is 0 Å². The number of carbonyl (C=O) groups is 1. The molecule has 21 heavy (non-hydrogen) atoms. The second kappa shape index (κ2) is 5.82. The standard InChI is InChI=1S/C15H16N2OS3/c18-14(15-19-8-9-20-15)17-7-3-5-11(17)13-16-10-4-1-2-6-12(10)21-13/h1-2,4,6,11,15H,3,5,7-9H2. The number of aromatic nitrogens is 1. The van der Waals surface area contributed by atoms with E-state index in [1.807, 2.05) is 12.1 Å². The maximum atomic E-state index is 12.7. The molecule has 6 heteroatoms. The summed E-state index contributed by atoms with van der Waals surface area (Å²) in [5.74, 6) is 2.51. The Morgan fingerprint density at radius 3 is 2.86 bits per heavy atom. The maximum absolute atomic E-state index is 12.7. The Balaban J connectivity index is 1.62. The lowest BCUT2D eigenvalue weighted by molar-refractivity contribution is -0.129. The van der Waals surface area contributed by atoms with Crippen molar-refractivity contribution in [2.24, 2.45) is 0 Å². The van der Waals surface area contributed by atoms with Crippen LogP contribution in [-0.2, 0) is 4.79 Å². The summed E-state index contributed by atoms with van der Waals surface area (Å²) in [5.41, 5.74) is 1.06. The van der Waals surface area contributed by atoms with E-state index in [0.29, 0.717) is 5.91 Å². The molecule has 1 amide bonds. The highest BCUT2D eigenvalue weighted by atomic mass is 32.2. The first-order valence-corrected chi connectivity index (χ1v) is 10.1. The normalized spacial score (nSPS) is 23.2. The molecule has 0 N–H and O–H groups in total. The van der Waals surface area contributed by atoms with E-state index in [0.717, 1.165) is 41.4 Å². The van der Waals surface area contributed by atoms with Crippen LogP contribution in [0.25, 0.3) is 10.2 Å². The van der Waals surface area contributed by atoms with E-state index in [1.165, 1.54) is 4.70 Å². The Kier molecular flexibility index (Phi) is 3.85. The lowest BCUT2D eigenvalue weighted by Gasteiger charge is -2.25. The van der Waals surface area contributed by atoms with Gasteiger partial charge in [0.25, 0.3) is 0 Å². The third kappa shape index (κ3) is 2.58. The van der Waals surface area contributed by atoms with Gasteiger partial charge in [-0.05, 0) is 25.0 Å². The molecule has 2 aromatic rings. The fourth-order valence-electron chi connectivity index (χ4n) is 2.96. The van der Waals surface area contributed by atoms with E-state index in [9.17, 15) is 4.79 Å². The Morgan fingerprint density at radius 2 is 2.05 bits per heavy atom. The summed E-state index contributed by atoms with van der Waals surface area (Å²) in [6.07, 6.45) is 2.14. The number of carbonyl (C=O) groups excluding carboxylic acids is 1. The van der Waals surface area contributed by atoms with Crippen LogP contribution >= 0.6 is 34.9 Å². The quantitative estimate of drug-likeness (QED) is 0.836. The van der Waals surface area contributed by atoms with Crippen LogP contribution in [0.1, 0.15) is 23.9 Å². The summed E-state index contributed by atoms with van der Waals surface area (Å²) < 4.78 is 1.33. The SMILES string of the molecule is O=C(C1SCCS1)N1CCCC1c1nc2ccccc2s1. The highest BCUT2D eigenvalue weighted by Gasteiger charge is 2.37. The summed E-state index contributed by atoms with van der Waals surface area (Å²) in [4.78, 5) is 19.5. The van der Waals surface area contributed by atoms with Crippen LogP contribution < -0.4 is 0 Å². The molecule has 2 aliphatic rings. The molecule has 0 spiro atoms. The summed E-state index contributed by atoms with van der Waals surface area (Å²) in [7, 11) is 0. The van der Waals surface area contributed by atoms with Crippen LogP contribution in [-0.4, -0.2) is 38.4 Å². The average Bonchev–Trinajstić information content (AvgIpc) is 3.24. The second-order valence-electron chi connectivity index (χ2n) is 5.28. The molecular formula is C15H16N2OS3. The van der Waals surface area contributed by atoms with Gasteiger partial charge in [-0.25, -0.2) is 4.98 Å². The van der Waals surface area contributed by atoms with Gasteiger partial charge in [0.1, 0.15) is 9.59 Å². The van der Waals surface area contributed by atoms with E-state index >= 15 is 0 Å². The third-order valence-electron chi connectivity index (χ3n) is 3.95. The number of thiazole rings is 1. The van der Waals surface area contributed by atoms with Crippen molar-refractivity contribution < 1.29 is 4.79 Å². The number of hydrogen-bond donors (Lipinski definition) is 0. The van der Waals surface area contributed by atoms with Gasteiger partial charge in [0, 0.05) is 18.1 Å². The Morgan fingerprint density at radius 1 is 1.24 bits per heavy atom. The van der Waals surface area contributed by atoms with Gasteiger partial charge in [-0.3, -0.25) is 4.79 Å². The number of hydrogen-bond acceptors (Lipinski definition) is 5. The van der Waals surface area contributed by atoms with E-state index in [4.69, 9.17) is 4.98 Å². The van der Waals surface area contributed by atoms with Crippen LogP contribution in [0.2, 0.25) is 0 Å². The number of amides is 1. The highest BCUT2D eigenvalue weighted by molar-refractivity contribution is 8.21. The summed E-state index contributed by atoms with van der Waals surface area (Å²) in [5, 5.41) is 1.11. The zero-order chi connectivity index (χ0) is 14.2. The fourth-order valence-corrected chi connectivity index (χ4v) is 6.79. The van der Waals surface area contributed by atoms with E-state index in [2.05, 4.69) is 17.0 Å². The molecule has 1 unspecified atom stereocenters. The van der Waals surface area contributed by atoms with Crippen LogP contribution in [0.3, 0.4) is 0 Å². The number of rotatable bonds is 2. The number of thioether (sulfide) groups is 2. The maximum Gasteiger partial charge on any atom is 0.246 e. The molecule has 1 atom stereocenters. The summed E-state index contributed by atoms with van der Waals surface area (Å²) in [6.45, 7) is 0.886. The Labute approximate surface area is 136 Å². The molecule has 2 aliphatic heterocycles. The molecule has 3 heterocycles. The van der Waals surface area contributed by atoms with Crippen LogP contribution in [0, 0.1) is 0 Å². The average molecular weight is 337 g/mol. The Hall–Kier alpha value is -0.720. The number of benzene rings is 1. The number of nitrogens with zero attached hydrogens (tertiary/aromatic N) is 2. The summed E-state index contributed by atoms with van der Waals surface area (Å²) >= 11 is 5.33. The molecule has 110 valence electrons. The molecule has 0 aliphatic carbocycles. The first-order chi connectivity index (χ1) is 10.3. The van der Waals surface area contributed by atoms with Crippen molar-refractivity contribution >= 4 is 51.0 Å². The van der Waals surface area contributed by atoms with Crippen molar-refractivity contribution in [1.82, 2.24) is 9.88 Å². The van der Waals surface area contributed by atoms with Crippen LogP contribution in [0.15, 0.2) is 24.3 Å². The predicted octanol–water partition coefficient (Wildman–Crippen LogP) is 3.77. The lowest BCUT2D eigenvalue weighted by Crippen LogP contribution is -2.35. The van der Waals surface area contributed by atoms with Gasteiger partial charge in [-0.15, -0.1) is 34.9 Å². The molecule has 0 bridgehead atoms. The zero-order valence-corrected chi connectivity index (χ0v) is 14.0. The van der Waals surface area contributed by atoms with Gasteiger partial charge in [-0.1, -0.05) is 12.1 Å². The first-order valence-electron chi connectivity index (χ1n) is 7.22. The minimum atomic E-state index is 0.111.